The summed E-state index contributed by atoms with van der Waals surface area (Å²) in [5, 5.41) is 13.7. The van der Waals surface area contributed by atoms with Crippen molar-refractivity contribution in [1.82, 2.24) is 5.32 Å². The second-order valence-electron chi connectivity index (χ2n) is 8.71. The first-order valence-corrected chi connectivity index (χ1v) is 11.3. The second-order valence-corrected chi connectivity index (χ2v) is 8.71. The number of hydrogen-bond donors (Lipinski definition) is 2. The predicted octanol–water partition coefficient (Wildman–Crippen LogP) is 4.34. The number of nitrogens with one attached hydrogen (secondary N) is 1. The molecule has 1 aromatic carbocycles. The molecule has 0 unspecified atom stereocenters. The Bertz CT molecular complexity index is 1270. The molecule has 2 aromatic heterocycles. The maximum Gasteiger partial charge on any atom is 0.339 e. The molecule has 32 heavy (non-hydrogen) atoms. The summed E-state index contributed by atoms with van der Waals surface area (Å²) in [7, 11) is 0. The fourth-order valence-corrected chi connectivity index (χ4v) is 4.76. The van der Waals surface area contributed by atoms with Gasteiger partial charge in [0, 0.05) is 40.3 Å². The van der Waals surface area contributed by atoms with Crippen molar-refractivity contribution >= 4 is 33.8 Å². The van der Waals surface area contributed by atoms with Crippen LogP contribution in [0.1, 0.15) is 67.0 Å². The van der Waals surface area contributed by atoms with E-state index in [1.165, 1.54) is 5.56 Å². The minimum Gasteiger partial charge on any atom is -0.480 e. The number of aliphatic carboxylic acids is 1. The molecule has 1 atom stereocenters. The lowest BCUT2D eigenvalue weighted by Crippen LogP contribution is -2.40. The quantitative estimate of drug-likeness (QED) is 0.530. The van der Waals surface area contributed by atoms with E-state index in [0.717, 1.165) is 58.9 Å². The van der Waals surface area contributed by atoms with Gasteiger partial charge in [-0.2, -0.15) is 0 Å². The van der Waals surface area contributed by atoms with Crippen LogP contribution in [0.4, 0.5) is 0 Å². The zero-order valence-corrected chi connectivity index (χ0v) is 18.8. The van der Waals surface area contributed by atoms with E-state index in [4.69, 9.17) is 8.83 Å². The molecule has 0 spiro atoms. The topological polar surface area (TPSA) is 110 Å². The van der Waals surface area contributed by atoms with Gasteiger partial charge in [-0.15, -0.1) is 0 Å². The molecule has 0 saturated carbocycles. The van der Waals surface area contributed by atoms with Crippen LogP contribution in [0.2, 0.25) is 0 Å². The van der Waals surface area contributed by atoms with Crippen molar-refractivity contribution in [3.05, 3.63) is 44.5 Å². The van der Waals surface area contributed by atoms with Gasteiger partial charge in [0.1, 0.15) is 23.0 Å². The highest BCUT2D eigenvalue weighted by Gasteiger charge is 2.23. The average molecular weight is 440 g/mol. The number of carbonyl (C=O) groups excluding carboxylic acids is 1. The number of hydrogen-bond acceptors (Lipinski definition) is 5. The molecule has 1 amide bonds. The highest BCUT2D eigenvalue weighted by atomic mass is 16.4. The van der Waals surface area contributed by atoms with Crippen LogP contribution in [0.5, 0.6) is 0 Å². The van der Waals surface area contributed by atoms with Crippen LogP contribution in [0.15, 0.2) is 19.7 Å². The largest absolute Gasteiger partial charge is 0.480 e. The molecule has 0 fully saturated rings. The van der Waals surface area contributed by atoms with Crippen molar-refractivity contribution in [3.8, 4) is 0 Å². The SMILES string of the molecule is CCC[C@H](NC(=O)CCc1c(C)c2cc3c4c(oc3c(C)c2oc1=O)CCCC4)C(=O)O. The summed E-state index contributed by atoms with van der Waals surface area (Å²) in [6, 6.07) is 1.14. The van der Waals surface area contributed by atoms with Crippen LogP contribution in [-0.4, -0.2) is 23.0 Å². The molecule has 1 aliphatic rings. The Balaban J connectivity index is 1.67. The molecule has 4 rings (SSSR count). The lowest BCUT2D eigenvalue weighted by Gasteiger charge is -2.14. The van der Waals surface area contributed by atoms with Gasteiger partial charge in [0.15, 0.2) is 0 Å². The second kappa shape index (κ2) is 8.81. The number of benzene rings is 1. The number of carboxylic acids is 1. The lowest BCUT2D eigenvalue weighted by atomic mass is 9.93. The summed E-state index contributed by atoms with van der Waals surface area (Å²) >= 11 is 0. The number of fused-ring (bicyclic) bond motifs is 4. The number of aryl methyl sites for hydroxylation is 4. The Hall–Kier alpha value is -3.09. The van der Waals surface area contributed by atoms with Gasteiger partial charge < -0.3 is 19.3 Å². The number of carbonyl (C=O) groups is 2. The fraction of sp³-hybridized carbons (Fsp3) is 0.480. The molecule has 7 nitrogen and oxygen atoms in total. The predicted molar refractivity (Wildman–Crippen MR) is 121 cm³/mol. The van der Waals surface area contributed by atoms with E-state index < -0.39 is 17.6 Å². The molecule has 0 radical (unpaired) electrons. The molecular weight excluding hydrogens is 410 g/mol. The number of carboxylic acid groups (broad SMARTS) is 1. The first-order valence-electron chi connectivity index (χ1n) is 11.3. The van der Waals surface area contributed by atoms with Gasteiger partial charge in [0.2, 0.25) is 5.91 Å². The van der Waals surface area contributed by atoms with Crippen molar-refractivity contribution in [2.24, 2.45) is 0 Å². The van der Waals surface area contributed by atoms with E-state index >= 15 is 0 Å². The molecule has 0 saturated heterocycles. The van der Waals surface area contributed by atoms with Crippen LogP contribution < -0.4 is 10.9 Å². The van der Waals surface area contributed by atoms with E-state index in [1.807, 2.05) is 20.8 Å². The van der Waals surface area contributed by atoms with Crippen LogP contribution in [-0.2, 0) is 28.9 Å². The minimum atomic E-state index is -1.05. The van der Waals surface area contributed by atoms with Crippen molar-refractivity contribution in [2.75, 3.05) is 0 Å². The first-order chi connectivity index (χ1) is 15.3. The normalized spacial score (nSPS) is 14.5. The van der Waals surface area contributed by atoms with Gasteiger partial charge in [-0.1, -0.05) is 13.3 Å². The Labute approximate surface area is 185 Å². The summed E-state index contributed by atoms with van der Waals surface area (Å²) < 4.78 is 11.8. The Morgan fingerprint density at radius 3 is 2.53 bits per heavy atom. The van der Waals surface area contributed by atoms with Crippen LogP contribution in [0.25, 0.3) is 21.9 Å². The Morgan fingerprint density at radius 1 is 1.09 bits per heavy atom. The third-order valence-corrected chi connectivity index (χ3v) is 6.54. The molecule has 7 heteroatoms. The molecule has 1 aliphatic carbocycles. The van der Waals surface area contributed by atoms with E-state index in [9.17, 15) is 19.5 Å². The van der Waals surface area contributed by atoms with Crippen molar-refractivity contribution in [3.63, 3.8) is 0 Å². The van der Waals surface area contributed by atoms with Crippen molar-refractivity contribution in [1.29, 1.82) is 0 Å². The van der Waals surface area contributed by atoms with Crippen molar-refractivity contribution < 1.29 is 23.5 Å². The van der Waals surface area contributed by atoms with Gasteiger partial charge in [-0.05, 0) is 57.6 Å². The lowest BCUT2D eigenvalue weighted by molar-refractivity contribution is -0.142. The highest BCUT2D eigenvalue weighted by molar-refractivity contribution is 6.00. The highest BCUT2D eigenvalue weighted by Crippen LogP contribution is 2.37. The van der Waals surface area contributed by atoms with Gasteiger partial charge in [-0.25, -0.2) is 9.59 Å². The minimum absolute atomic E-state index is 0.0208. The van der Waals surface area contributed by atoms with Gasteiger partial charge in [0.05, 0.1) is 0 Å². The Morgan fingerprint density at radius 2 is 1.81 bits per heavy atom. The summed E-state index contributed by atoms with van der Waals surface area (Å²) in [6.45, 7) is 5.65. The standard InChI is InChI=1S/C25H29NO6/c1-4-7-19(24(28)29)26-21(27)11-10-15-13(2)17-12-18-16-8-5-6-9-20(16)31-23(18)14(3)22(17)32-25(15)30/h12,19H,4-11H2,1-3H3,(H,26,27)(H,28,29)/t19-/m0/s1. The molecule has 3 aromatic rings. The summed E-state index contributed by atoms with van der Waals surface area (Å²) in [5.41, 5.74) is 4.15. The zero-order chi connectivity index (χ0) is 23.0. The molecule has 0 bridgehead atoms. The van der Waals surface area contributed by atoms with Gasteiger partial charge in [-0.3, -0.25) is 4.79 Å². The summed E-state index contributed by atoms with van der Waals surface area (Å²) in [4.78, 5) is 36.4. The van der Waals surface area contributed by atoms with Crippen LogP contribution in [0, 0.1) is 13.8 Å². The van der Waals surface area contributed by atoms with E-state index in [-0.39, 0.29) is 18.7 Å². The average Bonchev–Trinajstić information content (AvgIpc) is 3.13. The maximum absolute atomic E-state index is 12.8. The van der Waals surface area contributed by atoms with Crippen molar-refractivity contribution in [2.45, 2.75) is 78.2 Å². The monoisotopic (exact) mass is 439 g/mol. The van der Waals surface area contributed by atoms with Gasteiger partial charge >= 0.3 is 11.6 Å². The molecular formula is C25H29NO6. The third-order valence-electron chi connectivity index (χ3n) is 6.54. The first kappa shape index (κ1) is 22.1. The zero-order valence-electron chi connectivity index (χ0n) is 18.8. The Kier molecular flexibility index (Phi) is 6.09. The molecule has 2 N–H and O–H groups in total. The van der Waals surface area contributed by atoms with Crippen LogP contribution in [0.3, 0.4) is 0 Å². The van der Waals surface area contributed by atoms with E-state index in [0.29, 0.717) is 24.0 Å². The van der Waals surface area contributed by atoms with Gasteiger partial charge in [0.25, 0.3) is 0 Å². The smallest absolute Gasteiger partial charge is 0.339 e. The number of furan rings is 1. The molecule has 0 aliphatic heterocycles. The third kappa shape index (κ3) is 3.92. The molecule has 170 valence electrons. The van der Waals surface area contributed by atoms with E-state index in [1.54, 1.807) is 0 Å². The summed E-state index contributed by atoms with van der Waals surface area (Å²) in [6.07, 6.45) is 5.39. The number of rotatable bonds is 7. The van der Waals surface area contributed by atoms with Crippen LogP contribution >= 0.6 is 0 Å². The molecule has 2 heterocycles. The summed E-state index contributed by atoms with van der Waals surface area (Å²) in [5.74, 6) is -0.411. The van der Waals surface area contributed by atoms with E-state index in [2.05, 4.69) is 11.4 Å². The number of amides is 1. The maximum atomic E-state index is 12.8. The fourth-order valence-electron chi connectivity index (χ4n) is 4.76.